The molecule has 4 heteroatoms. The molecule has 0 bridgehead atoms. The number of benzene rings is 2. The molecule has 0 atom stereocenters. The molecule has 4 rings (SSSR count). The van der Waals surface area contributed by atoms with Crippen LogP contribution in [-0.2, 0) is 13.2 Å². The minimum Gasteiger partial charge on any atom is -0.390 e. The van der Waals surface area contributed by atoms with Crippen LogP contribution in [0.3, 0.4) is 0 Å². The minimum absolute atomic E-state index is 0.0635. The fourth-order valence-electron chi connectivity index (χ4n) is 3.60. The van der Waals surface area contributed by atoms with E-state index in [1.807, 2.05) is 6.07 Å². The highest BCUT2D eigenvalue weighted by Crippen LogP contribution is 2.25. The molecule has 0 aliphatic carbocycles. The van der Waals surface area contributed by atoms with Crippen LogP contribution >= 0.6 is 0 Å². The van der Waals surface area contributed by atoms with Gasteiger partial charge in [0.1, 0.15) is 0 Å². The summed E-state index contributed by atoms with van der Waals surface area (Å²) in [5, 5.41) is 10.9. The zero-order valence-electron chi connectivity index (χ0n) is 13.8. The molecule has 2 aromatic carbocycles. The lowest BCUT2D eigenvalue weighted by Crippen LogP contribution is -2.46. The Labute approximate surface area is 142 Å². The SMILES string of the molecule is OCc1[nH]c2ccccc2c1CN1CCN(c2ccccc2)CC1. The number of aliphatic hydroxyl groups excluding tert-OH is 1. The summed E-state index contributed by atoms with van der Waals surface area (Å²) >= 11 is 0. The minimum atomic E-state index is 0.0635. The smallest absolute Gasteiger partial charge is 0.0834 e. The molecular formula is C20H23N3O. The maximum Gasteiger partial charge on any atom is 0.0834 e. The van der Waals surface area contributed by atoms with Crippen LogP contribution in [-0.4, -0.2) is 41.2 Å². The normalized spacial score (nSPS) is 16.0. The standard InChI is InChI=1S/C20H23N3O/c24-15-20-18(17-8-4-5-9-19(17)21-20)14-22-10-12-23(13-11-22)16-6-2-1-3-7-16/h1-9,21,24H,10-15H2. The quantitative estimate of drug-likeness (QED) is 0.776. The Morgan fingerprint density at radius 3 is 2.33 bits per heavy atom. The molecule has 124 valence electrons. The predicted molar refractivity (Wildman–Crippen MR) is 98.2 cm³/mol. The van der Waals surface area contributed by atoms with Crippen molar-refractivity contribution in [3.63, 3.8) is 0 Å². The van der Waals surface area contributed by atoms with Gasteiger partial charge in [-0.25, -0.2) is 0 Å². The van der Waals surface area contributed by atoms with E-state index in [1.54, 1.807) is 0 Å². The first kappa shape index (κ1) is 15.2. The van der Waals surface area contributed by atoms with Gasteiger partial charge in [0.05, 0.1) is 6.61 Å². The van der Waals surface area contributed by atoms with Crippen molar-refractivity contribution in [1.82, 2.24) is 9.88 Å². The maximum absolute atomic E-state index is 9.68. The van der Waals surface area contributed by atoms with Gasteiger partial charge < -0.3 is 15.0 Å². The molecule has 0 unspecified atom stereocenters. The molecule has 0 spiro atoms. The highest BCUT2D eigenvalue weighted by atomic mass is 16.3. The van der Waals surface area contributed by atoms with Gasteiger partial charge in [0.2, 0.25) is 0 Å². The van der Waals surface area contributed by atoms with Crippen LogP contribution in [0.4, 0.5) is 5.69 Å². The molecule has 24 heavy (non-hydrogen) atoms. The van der Waals surface area contributed by atoms with Crippen LogP contribution in [0, 0.1) is 0 Å². The number of nitrogens with zero attached hydrogens (tertiary/aromatic N) is 2. The van der Waals surface area contributed by atoms with E-state index >= 15 is 0 Å². The molecule has 1 aromatic heterocycles. The summed E-state index contributed by atoms with van der Waals surface area (Å²) < 4.78 is 0. The van der Waals surface area contributed by atoms with Crippen molar-refractivity contribution in [3.05, 3.63) is 65.9 Å². The Kier molecular flexibility index (Phi) is 4.24. The summed E-state index contributed by atoms with van der Waals surface area (Å²) in [6, 6.07) is 18.9. The summed E-state index contributed by atoms with van der Waals surface area (Å²) in [5.74, 6) is 0. The van der Waals surface area contributed by atoms with Gasteiger partial charge in [-0.1, -0.05) is 36.4 Å². The summed E-state index contributed by atoms with van der Waals surface area (Å²) in [5.41, 5.74) is 4.60. The van der Waals surface area contributed by atoms with E-state index in [2.05, 4.69) is 63.3 Å². The molecule has 2 heterocycles. The van der Waals surface area contributed by atoms with E-state index in [0.29, 0.717) is 0 Å². The number of para-hydroxylation sites is 2. The average Bonchev–Trinajstić information content (AvgIpc) is 3.01. The van der Waals surface area contributed by atoms with E-state index in [0.717, 1.165) is 43.9 Å². The van der Waals surface area contributed by atoms with Gasteiger partial charge in [-0.3, -0.25) is 4.90 Å². The highest BCUT2D eigenvalue weighted by molar-refractivity contribution is 5.84. The number of nitrogens with one attached hydrogen (secondary N) is 1. The number of aromatic amines is 1. The van der Waals surface area contributed by atoms with Crippen molar-refractivity contribution in [1.29, 1.82) is 0 Å². The Morgan fingerprint density at radius 1 is 0.875 bits per heavy atom. The number of rotatable bonds is 4. The van der Waals surface area contributed by atoms with Gasteiger partial charge in [-0.2, -0.15) is 0 Å². The van der Waals surface area contributed by atoms with Crippen LogP contribution in [0.1, 0.15) is 11.3 Å². The van der Waals surface area contributed by atoms with Crippen LogP contribution in [0.25, 0.3) is 10.9 Å². The van der Waals surface area contributed by atoms with Gasteiger partial charge in [0.25, 0.3) is 0 Å². The second-order valence-electron chi connectivity index (χ2n) is 6.38. The number of fused-ring (bicyclic) bond motifs is 1. The van der Waals surface area contributed by atoms with Gasteiger partial charge >= 0.3 is 0 Å². The Bertz CT molecular complexity index is 804. The number of anilines is 1. The molecule has 1 aliphatic rings. The molecule has 1 aliphatic heterocycles. The number of aromatic nitrogens is 1. The molecule has 2 N–H and O–H groups in total. The molecule has 1 fully saturated rings. The van der Waals surface area contributed by atoms with Crippen LogP contribution in [0.2, 0.25) is 0 Å². The molecule has 4 nitrogen and oxygen atoms in total. The maximum atomic E-state index is 9.68. The predicted octanol–water partition coefficient (Wildman–Crippen LogP) is 2.98. The van der Waals surface area contributed by atoms with Crippen molar-refractivity contribution in [3.8, 4) is 0 Å². The number of aliphatic hydroxyl groups is 1. The van der Waals surface area contributed by atoms with Crippen molar-refractivity contribution in [2.75, 3.05) is 31.1 Å². The van der Waals surface area contributed by atoms with Gasteiger partial charge in [-0.15, -0.1) is 0 Å². The lowest BCUT2D eigenvalue weighted by Gasteiger charge is -2.36. The van der Waals surface area contributed by atoms with Crippen LogP contribution in [0.15, 0.2) is 54.6 Å². The number of H-pyrrole nitrogens is 1. The first-order chi connectivity index (χ1) is 11.8. The van der Waals surface area contributed by atoms with Crippen molar-refractivity contribution < 1.29 is 5.11 Å². The zero-order valence-corrected chi connectivity index (χ0v) is 13.8. The molecule has 1 saturated heterocycles. The van der Waals surface area contributed by atoms with Crippen molar-refractivity contribution in [2.24, 2.45) is 0 Å². The van der Waals surface area contributed by atoms with E-state index in [9.17, 15) is 5.11 Å². The third-order valence-corrected chi connectivity index (χ3v) is 4.94. The van der Waals surface area contributed by atoms with Crippen molar-refractivity contribution in [2.45, 2.75) is 13.2 Å². The lowest BCUT2D eigenvalue weighted by atomic mass is 10.1. The van der Waals surface area contributed by atoms with E-state index < -0.39 is 0 Å². The van der Waals surface area contributed by atoms with Gasteiger partial charge in [-0.05, 0) is 23.8 Å². The molecule has 3 aromatic rings. The fraction of sp³-hybridized carbons (Fsp3) is 0.300. The second kappa shape index (κ2) is 6.67. The monoisotopic (exact) mass is 321 g/mol. The number of hydrogen-bond donors (Lipinski definition) is 2. The van der Waals surface area contributed by atoms with Gasteiger partial charge in [0.15, 0.2) is 0 Å². The number of hydrogen-bond acceptors (Lipinski definition) is 3. The Hall–Kier alpha value is -2.30. The first-order valence-corrected chi connectivity index (χ1v) is 8.57. The highest BCUT2D eigenvalue weighted by Gasteiger charge is 2.20. The summed E-state index contributed by atoms with van der Waals surface area (Å²) in [6.07, 6.45) is 0. The second-order valence-corrected chi connectivity index (χ2v) is 6.38. The molecular weight excluding hydrogens is 298 g/mol. The number of piperazine rings is 1. The van der Waals surface area contributed by atoms with E-state index in [-0.39, 0.29) is 6.61 Å². The molecule has 0 saturated carbocycles. The molecule has 0 amide bonds. The summed E-state index contributed by atoms with van der Waals surface area (Å²) in [6.45, 7) is 5.12. The fourth-order valence-corrected chi connectivity index (χ4v) is 3.60. The average molecular weight is 321 g/mol. The van der Waals surface area contributed by atoms with E-state index in [4.69, 9.17) is 0 Å². The lowest BCUT2D eigenvalue weighted by molar-refractivity contribution is 0.243. The van der Waals surface area contributed by atoms with Crippen LogP contribution in [0.5, 0.6) is 0 Å². The van der Waals surface area contributed by atoms with Gasteiger partial charge in [0, 0.05) is 55.0 Å². The molecule has 0 radical (unpaired) electrons. The summed E-state index contributed by atoms with van der Waals surface area (Å²) in [7, 11) is 0. The Balaban J connectivity index is 1.48. The zero-order chi connectivity index (χ0) is 16.4. The third-order valence-electron chi connectivity index (χ3n) is 4.94. The van der Waals surface area contributed by atoms with Crippen molar-refractivity contribution >= 4 is 16.6 Å². The third kappa shape index (κ3) is 2.90. The first-order valence-electron chi connectivity index (χ1n) is 8.57. The Morgan fingerprint density at radius 2 is 1.58 bits per heavy atom. The topological polar surface area (TPSA) is 42.5 Å². The van der Waals surface area contributed by atoms with E-state index in [1.165, 1.54) is 16.6 Å². The largest absolute Gasteiger partial charge is 0.390 e. The van der Waals surface area contributed by atoms with Crippen LogP contribution < -0.4 is 4.90 Å². The summed E-state index contributed by atoms with van der Waals surface area (Å²) in [4.78, 5) is 8.27.